The van der Waals surface area contributed by atoms with Crippen molar-refractivity contribution in [1.82, 2.24) is 20.0 Å². The van der Waals surface area contributed by atoms with Crippen LogP contribution in [0.15, 0.2) is 36.7 Å². The number of amides is 1. The number of carbonyl (C=O) groups excluding carboxylic acids is 1. The molecule has 1 aromatic carbocycles. The molecule has 21 heavy (non-hydrogen) atoms. The molecule has 0 bridgehead atoms. The molecule has 0 aliphatic carbocycles. The number of hydrogen-bond acceptors (Lipinski definition) is 3. The maximum absolute atomic E-state index is 13.7. The second-order valence-electron chi connectivity index (χ2n) is 4.95. The van der Waals surface area contributed by atoms with Crippen molar-refractivity contribution >= 4 is 5.91 Å². The molecule has 5 nitrogen and oxygen atoms in total. The van der Waals surface area contributed by atoms with Crippen molar-refractivity contribution in [3.05, 3.63) is 53.6 Å². The summed E-state index contributed by atoms with van der Waals surface area (Å²) < 4.78 is 15.3. The van der Waals surface area contributed by atoms with Gasteiger partial charge in [-0.05, 0) is 13.1 Å². The number of likely N-dealkylation sites (N-methyl/N-ethyl adjacent to an activating group) is 2. The van der Waals surface area contributed by atoms with Gasteiger partial charge in [-0.25, -0.2) is 4.39 Å². The van der Waals surface area contributed by atoms with Crippen LogP contribution in [0, 0.1) is 5.82 Å². The van der Waals surface area contributed by atoms with Crippen LogP contribution >= 0.6 is 0 Å². The van der Waals surface area contributed by atoms with Crippen molar-refractivity contribution in [3.63, 3.8) is 0 Å². The largest absolute Gasteiger partial charge is 0.340 e. The number of aromatic nitrogens is 2. The number of benzene rings is 1. The van der Waals surface area contributed by atoms with Gasteiger partial charge in [-0.3, -0.25) is 9.48 Å². The average molecular weight is 290 g/mol. The predicted octanol–water partition coefficient (Wildman–Crippen LogP) is 1.48. The molecule has 1 atom stereocenters. The monoisotopic (exact) mass is 290 g/mol. The van der Waals surface area contributed by atoms with E-state index in [1.54, 1.807) is 56.4 Å². The predicted molar refractivity (Wildman–Crippen MR) is 77.9 cm³/mol. The second-order valence-corrected chi connectivity index (χ2v) is 4.95. The maximum atomic E-state index is 13.7. The average Bonchev–Trinajstić information content (AvgIpc) is 2.88. The zero-order chi connectivity index (χ0) is 15.4. The second kappa shape index (κ2) is 6.49. The molecule has 1 aromatic heterocycles. The smallest absolute Gasteiger partial charge is 0.244 e. The van der Waals surface area contributed by atoms with Crippen molar-refractivity contribution in [3.8, 4) is 0 Å². The van der Waals surface area contributed by atoms with E-state index in [2.05, 4.69) is 10.4 Å². The van der Waals surface area contributed by atoms with Crippen LogP contribution in [0.1, 0.15) is 17.2 Å². The van der Waals surface area contributed by atoms with Gasteiger partial charge in [0.1, 0.15) is 11.9 Å². The quantitative estimate of drug-likeness (QED) is 0.907. The van der Waals surface area contributed by atoms with E-state index < -0.39 is 6.04 Å². The minimum atomic E-state index is -0.490. The van der Waals surface area contributed by atoms with E-state index in [1.165, 1.54) is 11.0 Å². The number of nitrogens with zero attached hydrogens (tertiary/aromatic N) is 3. The van der Waals surface area contributed by atoms with E-state index >= 15 is 0 Å². The lowest BCUT2D eigenvalue weighted by Gasteiger charge is -2.23. The number of aryl methyl sites for hydroxylation is 1. The number of carbonyl (C=O) groups is 1. The van der Waals surface area contributed by atoms with Crippen molar-refractivity contribution in [2.45, 2.75) is 12.6 Å². The molecule has 0 saturated carbocycles. The first-order chi connectivity index (χ1) is 10.0. The molecule has 0 spiro atoms. The zero-order valence-electron chi connectivity index (χ0n) is 12.4. The number of hydrogen-bond donors (Lipinski definition) is 1. The summed E-state index contributed by atoms with van der Waals surface area (Å²) in [5.74, 6) is -0.437. The van der Waals surface area contributed by atoms with Gasteiger partial charge in [-0.1, -0.05) is 18.2 Å². The highest BCUT2D eigenvalue weighted by atomic mass is 19.1. The SMILES string of the molecule is CNC(C(=O)N(C)Cc1ccccc1F)c1cnn(C)c1. The first-order valence-corrected chi connectivity index (χ1v) is 6.67. The number of nitrogens with one attached hydrogen (secondary N) is 1. The highest BCUT2D eigenvalue weighted by Gasteiger charge is 2.24. The Morgan fingerprint density at radius 1 is 1.48 bits per heavy atom. The van der Waals surface area contributed by atoms with Crippen LogP contribution in [0.2, 0.25) is 0 Å². The first kappa shape index (κ1) is 15.2. The van der Waals surface area contributed by atoms with Crippen molar-refractivity contribution < 1.29 is 9.18 Å². The summed E-state index contributed by atoms with van der Waals surface area (Å²) in [6, 6.07) is 5.97. The van der Waals surface area contributed by atoms with Gasteiger partial charge in [-0.15, -0.1) is 0 Å². The topological polar surface area (TPSA) is 50.2 Å². The Morgan fingerprint density at radius 3 is 2.76 bits per heavy atom. The number of rotatable bonds is 5. The van der Waals surface area contributed by atoms with Crippen LogP contribution in [0.3, 0.4) is 0 Å². The Kier molecular flexibility index (Phi) is 4.70. The van der Waals surface area contributed by atoms with Gasteiger partial charge in [-0.2, -0.15) is 5.10 Å². The molecule has 0 fully saturated rings. The summed E-state index contributed by atoms with van der Waals surface area (Å²) in [5, 5.41) is 7.05. The highest BCUT2D eigenvalue weighted by molar-refractivity contribution is 5.82. The van der Waals surface area contributed by atoms with Gasteiger partial charge >= 0.3 is 0 Å². The van der Waals surface area contributed by atoms with Crippen LogP contribution in [0.5, 0.6) is 0 Å². The Hall–Kier alpha value is -2.21. The molecular formula is C15H19FN4O. The van der Waals surface area contributed by atoms with E-state index in [-0.39, 0.29) is 18.3 Å². The van der Waals surface area contributed by atoms with Gasteiger partial charge < -0.3 is 10.2 Å². The standard InChI is InChI=1S/C15H19FN4O/c1-17-14(12-8-18-20(3)10-12)15(21)19(2)9-11-6-4-5-7-13(11)16/h4-8,10,14,17H,9H2,1-3H3. The summed E-state index contributed by atoms with van der Waals surface area (Å²) in [6.07, 6.45) is 3.44. The lowest BCUT2D eigenvalue weighted by atomic mass is 10.1. The third kappa shape index (κ3) is 3.46. The van der Waals surface area contributed by atoms with E-state index in [0.29, 0.717) is 5.56 Å². The summed E-state index contributed by atoms with van der Waals surface area (Å²) >= 11 is 0. The van der Waals surface area contributed by atoms with Gasteiger partial charge in [0.2, 0.25) is 5.91 Å². The van der Waals surface area contributed by atoms with Crippen molar-refractivity contribution in [1.29, 1.82) is 0 Å². The van der Waals surface area contributed by atoms with Gasteiger partial charge in [0.15, 0.2) is 0 Å². The molecule has 0 aliphatic rings. The Labute approximate surface area is 123 Å². The van der Waals surface area contributed by atoms with Gasteiger partial charge in [0.05, 0.1) is 6.20 Å². The molecule has 1 amide bonds. The molecule has 0 radical (unpaired) electrons. The van der Waals surface area contributed by atoms with Gasteiger partial charge in [0.25, 0.3) is 0 Å². The van der Waals surface area contributed by atoms with E-state index in [4.69, 9.17) is 0 Å². The maximum Gasteiger partial charge on any atom is 0.244 e. The van der Waals surface area contributed by atoms with Crippen LogP contribution in [-0.2, 0) is 18.4 Å². The Morgan fingerprint density at radius 2 is 2.19 bits per heavy atom. The molecule has 1 heterocycles. The Balaban J connectivity index is 2.12. The van der Waals surface area contributed by atoms with Crippen molar-refractivity contribution in [2.75, 3.05) is 14.1 Å². The summed E-state index contributed by atoms with van der Waals surface area (Å²) in [4.78, 5) is 14.0. The molecule has 0 saturated heterocycles. The van der Waals surface area contributed by atoms with E-state index in [0.717, 1.165) is 5.56 Å². The lowest BCUT2D eigenvalue weighted by molar-refractivity contribution is -0.132. The number of halogens is 1. The highest BCUT2D eigenvalue weighted by Crippen LogP contribution is 2.16. The summed E-state index contributed by atoms with van der Waals surface area (Å²) in [5.41, 5.74) is 1.28. The summed E-state index contributed by atoms with van der Waals surface area (Å²) in [7, 11) is 5.17. The lowest BCUT2D eigenvalue weighted by Crippen LogP contribution is -2.37. The molecule has 1 N–H and O–H groups in total. The minimum absolute atomic E-state index is 0.131. The molecule has 2 rings (SSSR count). The van der Waals surface area contributed by atoms with Crippen LogP contribution in [0.25, 0.3) is 0 Å². The van der Waals surface area contributed by atoms with Crippen LogP contribution < -0.4 is 5.32 Å². The fourth-order valence-corrected chi connectivity index (χ4v) is 2.20. The van der Waals surface area contributed by atoms with Crippen molar-refractivity contribution in [2.24, 2.45) is 7.05 Å². The van der Waals surface area contributed by atoms with Crippen LogP contribution in [0.4, 0.5) is 4.39 Å². The van der Waals surface area contributed by atoms with Crippen LogP contribution in [-0.4, -0.2) is 34.7 Å². The van der Waals surface area contributed by atoms with E-state index in [9.17, 15) is 9.18 Å². The third-order valence-electron chi connectivity index (χ3n) is 3.34. The fraction of sp³-hybridized carbons (Fsp3) is 0.333. The zero-order valence-corrected chi connectivity index (χ0v) is 12.4. The molecule has 6 heteroatoms. The molecule has 2 aromatic rings. The molecule has 0 aliphatic heterocycles. The normalized spacial score (nSPS) is 12.2. The Bertz CT molecular complexity index is 626. The molecule has 112 valence electrons. The molecular weight excluding hydrogens is 271 g/mol. The van der Waals surface area contributed by atoms with Gasteiger partial charge in [0, 0.05) is 38.0 Å². The molecule has 1 unspecified atom stereocenters. The summed E-state index contributed by atoms with van der Waals surface area (Å²) in [6.45, 7) is 0.226. The first-order valence-electron chi connectivity index (χ1n) is 6.67. The fourth-order valence-electron chi connectivity index (χ4n) is 2.20. The minimum Gasteiger partial charge on any atom is -0.340 e. The van der Waals surface area contributed by atoms with E-state index in [1.807, 2.05) is 0 Å². The third-order valence-corrected chi connectivity index (χ3v) is 3.34.